The Morgan fingerprint density at radius 1 is 0.875 bits per heavy atom. The molecular weight excluding hydrogens is 521 g/mol. The second-order valence-corrected chi connectivity index (χ2v) is 9.13. The van der Waals surface area contributed by atoms with Crippen LogP contribution in [0.25, 0.3) is 22.3 Å². The lowest BCUT2D eigenvalue weighted by molar-refractivity contribution is -0.138. The average Bonchev–Trinajstić information content (AvgIpc) is 2.96. The van der Waals surface area contributed by atoms with E-state index in [1.54, 1.807) is 25.4 Å². The molecule has 1 aromatic heterocycles. The smallest absolute Gasteiger partial charge is 0.416 e. The van der Waals surface area contributed by atoms with Crippen molar-refractivity contribution in [3.63, 3.8) is 0 Å². The molecule has 0 unspecified atom stereocenters. The number of anilines is 1. The quantitative estimate of drug-likeness (QED) is 0.189. The summed E-state index contributed by atoms with van der Waals surface area (Å²) < 4.78 is 43.9. The van der Waals surface area contributed by atoms with Crippen molar-refractivity contribution in [2.45, 2.75) is 32.0 Å². The third-order valence-electron chi connectivity index (χ3n) is 6.39. The SMILES string of the molecule is COc1ccc(CNc2ccc(-c3ccc(C(F)(F)F)cc3)cc2)c(-c2ccc(C(=O)CCCC(=O)O)nc2)c1. The van der Waals surface area contributed by atoms with Gasteiger partial charge in [-0.25, -0.2) is 0 Å². The fraction of sp³-hybridized carbons (Fsp3) is 0.194. The summed E-state index contributed by atoms with van der Waals surface area (Å²) in [6.07, 6.45) is -2.45. The Hall–Kier alpha value is -4.66. The number of hydrogen-bond acceptors (Lipinski definition) is 5. The van der Waals surface area contributed by atoms with Gasteiger partial charge in [-0.15, -0.1) is 0 Å². The van der Waals surface area contributed by atoms with E-state index in [9.17, 15) is 22.8 Å². The first kappa shape index (κ1) is 28.4. The van der Waals surface area contributed by atoms with Crippen LogP contribution in [0.3, 0.4) is 0 Å². The topological polar surface area (TPSA) is 88.5 Å². The van der Waals surface area contributed by atoms with Gasteiger partial charge in [0.15, 0.2) is 5.78 Å². The number of nitrogens with one attached hydrogen (secondary N) is 1. The number of benzene rings is 3. The fourth-order valence-electron chi connectivity index (χ4n) is 4.18. The minimum absolute atomic E-state index is 0.0677. The number of carboxylic acid groups (broad SMARTS) is 1. The second-order valence-electron chi connectivity index (χ2n) is 9.13. The monoisotopic (exact) mass is 548 g/mol. The van der Waals surface area contributed by atoms with Gasteiger partial charge in [-0.1, -0.05) is 36.4 Å². The molecule has 4 aromatic rings. The van der Waals surface area contributed by atoms with Gasteiger partial charge >= 0.3 is 12.1 Å². The van der Waals surface area contributed by atoms with Crippen LogP contribution in [0.1, 0.15) is 40.9 Å². The lowest BCUT2D eigenvalue weighted by atomic mass is 9.99. The molecule has 0 atom stereocenters. The number of pyridine rings is 1. The van der Waals surface area contributed by atoms with Crippen LogP contribution in [0.4, 0.5) is 18.9 Å². The molecule has 40 heavy (non-hydrogen) atoms. The van der Waals surface area contributed by atoms with Gasteiger partial charge in [-0.05, 0) is 71.1 Å². The Kier molecular flexibility index (Phi) is 8.83. The van der Waals surface area contributed by atoms with Gasteiger partial charge in [-0.2, -0.15) is 13.2 Å². The Morgan fingerprint density at radius 3 is 2.10 bits per heavy atom. The number of nitrogens with zero attached hydrogens (tertiary/aromatic N) is 1. The van der Waals surface area contributed by atoms with Crippen LogP contribution in [-0.2, 0) is 17.5 Å². The number of carbonyl (C=O) groups excluding carboxylic acids is 1. The van der Waals surface area contributed by atoms with Crippen molar-refractivity contribution in [3.8, 4) is 28.0 Å². The normalized spacial score (nSPS) is 11.2. The molecule has 0 radical (unpaired) electrons. The van der Waals surface area contributed by atoms with Crippen LogP contribution in [0, 0.1) is 0 Å². The minimum Gasteiger partial charge on any atom is -0.497 e. The van der Waals surface area contributed by atoms with Crippen LogP contribution in [0.2, 0.25) is 0 Å². The molecule has 4 rings (SSSR count). The van der Waals surface area contributed by atoms with Crippen molar-refractivity contribution >= 4 is 17.4 Å². The van der Waals surface area contributed by atoms with Crippen LogP contribution >= 0.6 is 0 Å². The molecule has 2 N–H and O–H groups in total. The van der Waals surface area contributed by atoms with E-state index in [1.807, 2.05) is 42.5 Å². The van der Waals surface area contributed by atoms with Crippen molar-refractivity contribution in [2.75, 3.05) is 12.4 Å². The predicted molar refractivity (Wildman–Crippen MR) is 146 cm³/mol. The van der Waals surface area contributed by atoms with Gasteiger partial charge in [-0.3, -0.25) is 14.6 Å². The summed E-state index contributed by atoms with van der Waals surface area (Å²) in [7, 11) is 1.58. The molecule has 0 fully saturated rings. The number of rotatable bonds is 11. The Morgan fingerprint density at radius 2 is 1.52 bits per heavy atom. The zero-order chi connectivity index (χ0) is 28.7. The summed E-state index contributed by atoms with van der Waals surface area (Å²) >= 11 is 0. The lowest BCUT2D eigenvalue weighted by Gasteiger charge is -2.14. The number of aliphatic carboxylic acids is 1. The van der Waals surface area contributed by atoms with Gasteiger partial charge < -0.3 is 15.2 Å². The third-order valence-corrected chi connectivity index (χ3v) is 6.39. The van der Waals surface area contributed by atoms with Crippen molar-refractivity contribution in [1.29, 1.82) is 0 Å². The minimum atomic E-state index is -4.37. The van der Waals surface area contributed by atoms with Gasteiger partial charge in [0.05, 0.1) is 12.7 Å². The number of carbonyl (C=O) groups is 2. The fourth-order valence-corrected chi connectivity index (χ4v) is 4.18. The number of carboxylic acids is 1. The summed E-state index contributed by atoms with van der Waals surface area (Å²) in [6.45, 7) is 0.467. The zero-order valence-electron chi connectivity index (χ0n) is 21.7. The first-order chi connectivity index (χ1) is 19.1. The summed E-state index contributed by atoms with van der Waals surface area (Å²) in [6, 6.07) is 21.6. The molecule has 0 aliphatic rings. The van der Waals surface area contributed by atoms with Crippen LogP contribution in [0.15, 0.2) is 85.1 Å². The van der Waals surface area contributed by atoms with Gasteiger partial charge in [0.1, 0.15) is 11.4 Å². The Bertz CT molecular complexity index is 1470. The number of alkyl halides is 3. The Balaban J connectivity index is 1.46. The highest BCUT2D eigenvalue weighted by Crippen LogP contribution is 2.32. The van der Waals surface area contributed by atoms with Crippen LogP contribution < -0.4 is 10.1 Å². The van der Waals surface area contributed by atoms with E-state index in [0.29, 0.717) is 17.9 Å². The summed E-state index contributed by atoms with van der Waals surface area (Å²) in [5.74, 6) is -0.487. The highest BCUT2D eigenvalue weighted by Gasteiger charge is 2.29. The molecule has 0 spiro atoms. The molecule has 3 aromatic carbocycles. The molecule has 0 saturated heterocycles. The largest absolute Gasteiger partial charge is 0.497 e. The highest BCUT2D eigenvalue weighted by molar-refractivity contribution is 5.94. The van der Waals surface area contributed by atoms with E-state index in [0.717, 1.165) is 40.1 Å². The third kappa shape index (κ3) is 7.25. The van der Waals surface area contributed by atoms with E-state index in [4.69, 9.17) is 9.84 Å². The second kappa shape index (κ2) is 12.5. The average molecular weight is 549 g/mol. The zero-order valence-corrected chi connectivity index (χ0v) is 21.7. The molecule has 206 valence electrons. The highest BCUT2D eigenvalue weighted by atomic mass is 19.4. The first-order valence-electron chi connectivity index (χ1n) is 12.5. The number of hydrogen-bond donors (Lipinski definition) is 2. The molecule has 0 amide bonds. The van der Waals surface area contributed by atoms with E-state index < -0.39 is 17.7 Å². The lowest BCUT2D eigenvalue weighted by Crippen LogP contribution is -2.05. The maximum absolute atomic E-state index is 12.8. The molecule has 0 aliphatic heterocycles. The number of halogens is 3. The van der Waals surface area contributed by atoms with Gasteiger partial charge in [0, 0.05) is 36.8 Å². The van der Waals surface area contributed by atoms with E-state index in [-0.39, 0.29) is 30.7 Å². The van der Waals surface area contributed by atoms with Crippen LogP contribution in [0.5, 0.6) is 5.75 Å². The number of ether oxygens (including phenoxy) is 1. The molecule has 0 aliphatic carbocycles. The van der Waals surface area contributed by atoms with Crippen molar-refractivity contribution < 1.29 is 32.6 Å². The number of Topliss-reactive ketones (excluding diaryl/α,β-unsaturated/α-hetero) is 1. The van der Waals surface area contributed by atoms with Gasteiger partial charge in [0.25, 0.3) is 0 Å². The molecule has 1 heterocycles. The predicted octanol–water partition coefficient (Wildman–Crippen LogP) is 7.49. The molecular formula is C31H27F3N2O4. The number of aromatic nitrogens is 1. The summed E-state index contributed by atoms with van der Waals surface area (Å²) in [5, 5.41) is 12.1. The number of methoxy groups -OCH3 is 1. The maximum atomic E-state index is 12.8. The summed E-state index contributed by atoms with van der Waals surface area (Å²) in [4.78, 5) is 27.3. The molecule has 9 heteroatoms. The van der Waals surface area contributed by atoms with Gasteiger partial charge in [0.2, 0.25) is 0 Å². The summed E-state index contributed by atoms with van der Waals surface area (Å²) in [5.41, 5.74) is 4.53. The standard InChI is InChI=1S/C31H27F3N2O4/c1-40-26-15-9-22(27(17-26)23-10-16-28(36-19-23)29(37)3-2-4-30(38)39)18-35-25-13-7-21(8-14-25)20-5-11-24(12-6-20)31(32,33)34/h5-17,19,35H,2-4,18H2,1H3,(H,38,39). The van der Waals surface area contributed by atoms with Crippen LogP contribution in [-0.4, -0.2) is 29.0 Å². The molecule has 6 nitrogen and oxygen atoms in total. The first-order valence-corrected chi connectivity index (χ1v) is 12.5. The van der Waals surface area contributed by atoms with Crippen molar-refractivity contribution in [2.24, 2.45) is 0 Å². The number of ketones is 1. The van der Waals surface area contributed by atoms with E-state index in [1.165, 1.54) is 12.1 Å². The van der Waals surface area contributed by atoms with Crippen molar-refractivity contribution in [3.05, 3.63) is 102 Å². The Labute approximate surface area is 229 Å². The van der Waals surface area contributed by atoms with Crippen molar-refractivity contribution in [1.82, 2.24) is 4.98 Å². The molecule has 0 saturated carbocycles. The maximum Gasteiger partial charge on any atom is 0.416 e. The van der Waals surface area contributed by atoms with E-state index >= 15 is 0 Å². The molecule has 0 bridgehead atoms. The van der Waals surface area contributed by atoms with E-state index in [2.05, 4.69) is 10.3 Å².